The number of carbonyl (C=O) groups is 1. The molecule has 0 aromatic carbocycles. The quantitative estimate of drug-likeness (QED) is 0.445. The van der Waals surface area contributed by atoms with Crippen molar-refractivity contribution in [3.05, 3.63) is 0 Å². The SMILES string of the molecule is CC.CC.CC=O.NCC1CCCCC1.[B]C(C)(CC)CCCC. The topological polar surface area (TPSA) is 43.1 Å². The van der Waals surface area contributed by atoms with Crippen LogP contribution >= 0.6 is 0 Å². The molecule has 1 fully saturated rings. The van der Waals surface area contributed by atoms with Crippen LogP contribution in [0.5, 0.6) is 0 Å². The minimum Gasteiger partial charge on any atom is -0.330 e. The molecule has 0 heterocycles. The van der Waals surface area contributed by atoms with Crippen molar-refractivity contribution < 1.29 is 4.79 Å². The minimum atomic E-state index is 0.0933. The van der Waals surface area contributed by atoms with Crippen LogP contribution in [-0.4, -0.2) is 20.7 Å². The third-order valence-corrected chi connectivity index (χ3v) is 3.97. The zero-order valence-corrected chi connectivity index (χ0v) is 18.3. The Balaban J connectivity index is -0.000000122. The number of carbonyl (C=O) groups excluding carboxylic acids is 1. The molecule has 1 saturated carbocycles. The van der Waals surface area contributed by atoms with E-state index in [0.29, 0.717) is 0 Å². The summed E-state index contributed by atoms with van der Waals surface area (Å²) in [6, 6.07) is 0. The lowest BCUT2D eigenvalue weighted by atomic mass is 9.66. The van der Waals surface area contributed by atoms with Crippen molar-refractivity contribution in [2.75, 3.05) is 6.54 Å². The Hall–Kier alpha value is -0.305. The van der Waals surface area contributed by atoms with Gasteiger partial charge < -0.3 is 10.5 Å². The van der Waals surface area contributed by atoms with E-state index in [1.54, 1.807) is 0 Å². The van der Waals surface area contributed by atoms with E-state index >= 15 is 0 Å². The predicted octanol–water partition coefficient (Wildman–Crippen LogP) is 6.72. The van der Waals surface area contributed by atoms with Gasteiger partial charge in [0, 0.05) is 0 Å². The van der Waals surface area contributed by atoms with Crippen molar-refractivity contribution in [1.82, 2.24) is 0 Å². The lowest BCUT2D eigenvalue weighted by Gasteiger charge is -2.22. The Morgan fingerprint density at radius 2 is 1.50 bits per heavy atom. The summed E-state index contributed by atoms with van der Waals surface area (Å²) in [6.45, 7) is 16.8. The highest BCUT2D eigenvalue weighted by Crippen LogP contribution is 2.31. The Morgan fingerprint density at radius 1 is 1.08 bits per heavy atom. The van der Waals surface area contributed by atoms with Crippen molar-refractivity contribution in [3.63, 3.8) is 0 Å². The zero-order chi connectivity index (χ0) is 19.9. The zero-order valence-electron chi connectivity index (χ0n) is 18.3. The molecule has 0 amide bonds. The van der Waals surface area contributed by atoms with Crippen molar-refractivity contribution in [1.29, 1.82) is 0 Å². The van der Waals surface area contributed by atoms with Crippen molar-refractivity contribution in [2.24, 2.45) is 11.7 Å². The lowest BCUT2D eigenvalue weighted by molar-refractivity contribution is -0.106. The standard InChI is InChI=1S/C8H17B.C7H15N.C2H4O.2C2H6/c1-4-6-7-8(3,9)5-2;8-6-7-4-2-1-3-5-7;1-2-3;2*1-2/h4-7H2,1-3H3;7H,1-6,8H2;2H,1H3;2*1-2H3. The summed E-state index contributed by atoms with van der Waals surface area (Å²) in [6.07, 6.45) is 12.6. The second-order valence-electron chi connectivity index (χ2n) is 6.09. The molecule has 3 heteroatoms. The summed E-state index contributed by atoms with van der Waals surface area (Å²) in [4.78, 5) is 8.81. The van der Waals surface area contributed by atoms with Crippen LogP contribution in [0.2, 0.25) is 5.31 Å². The molecule has 0 aromatic heterocycles. The van der Waals surface area contributed by atoms with Crippen molar-refractivity contribution in [3.8, 4) is 0 Å². The van der Waals surface area contributed by atoms with Gasteiger partial charge >= 0.3 is 0 Å². The fourth-order valence-corrected chi connectivity index (χ4v) is 2.18. The van der Waals surface area contributed by atoms with Gasteiger partial charge in [-0.15, -0.1) is 0 Å². The molecule has 1 atom stereocenters. The highest BCUT2D eigenvalue weighted by Gasteiger charge is 2.12. The van der Waals surface area contributed by atoms with E-state index in [1.807, 2.05) is 27.7 Å². The molecule has 1 aliphatic carbocycles. The minimum absolute atomic E-state index is 0.0933. The average Bonchev–Trinajstić information content (AvgIpc) is 2.65. The summed E-state index contributed by atoms with van der Waals surface area (Å²) in [7, 11) is 5.90. The van der Waals surface area contributed by atoms with E-state index in [0.717, 1.165) is 25.2 Å². The monoisotopic (exact) mass is 341 g/mol. The van der Waals surface area contributed by atoms with Gasteiger partial charge in [-0.05, 0) is 32.2 Å². The molecule has 1 aliphatic rings. The molecule has 1 rings (SSSR count). The van der Waals surface area contributed by atoms with Gasteiger partial charge in [0.1, 0.15) is 6.29 Å². The number of nitrogens with two attached hydrogens (primary N) is 1. The van der Waals surface area contributed by atoms with Gasteiger partial charge in [0.2, 0.25) is 0 Å². The van der Waals surface area contributed by atoms with Gasteiger partial charge in [-0.25, -0.2) is 0 Å². The van der Waals surface area contributed by atoms with Crippen LogP contribution in [0.25, 0.3) is 0 Å². The normalized spacial score (nSPS) is 15.4. The summed E-state index contributed by atoms with van der Waals surface area (Å²) < 4.78 is 0. The Bertz CT molecular complexity index is 202. The second kappa shape index (κ2) is 27.5. The third-order valence-electron chi connectivity index (χ3n) is 3.97. The van der Waals surface area contributed by atoms with Gasteiger partial charge in [0.15, 0.2) is 0 Å². The van der Waals surface area contributed by atoms with E-state index in [-0.39, 0.29) is 5.31 Å². The first kappa shape index (κ1) is 31.5. The molecule has 1 unspecified atom stereocenters. The summed E-state index contributed by atoms with van der Waals surface area (Å²) in [5.41, 5.74) is 5.50. The Kier molecular flexibility index (Phi) is 36.1. The molecule has 2 radical (unpaired) electrons. The highest BCUT2D eigenvalue weighted by atomic mass is 16.1. The van der Waals surface area contributed by atoms with E-state index in [1.165, 1.54) is 58.3 Å². The van der Waals surface area contributed by atoms with E-state index in [2.05, 4.69) is 20.8 Å². The van der Waals surface area contributed by atoms with Gasteiger partial charge in [0.05, 0.1) is 7.85 Å². The van der Waals surface area contributed by atoms with Crippen LogP contribution in [-0.2, 0) is 4.79 Å². The Morgan fingerprint density at radius 3 is 1.75 bits per heavy atom. The van der Waals surface area contributed by atoms with E-state index < -0.39 is 0 Å². The van der Waals surface area contributed by atoms with Gasteiger partial charge in [-0.2, -0.15) is 0 Å². The van der Waals surface area contributed by atoms with Gasteiger partial charge in [-0.1, -0.05) is 98.7 Å². The van der Waals surface area contributed by atoms with Gasteiger partial charge in [-0.3, -0.25) is 0 Å². The molecule has 0 aliphatic heterocycles. The average molecular weight is 341 g/mol. The molecule has 2 nitrogen and oxygen atoms in total. The van der Waals surface area contributed by atoms with Crippen molar-refractivity contribution in [2.45, 2.75) is 118 Å². The van der Waals surface area contributed by atoms with Crippen molar-refractivity contribution >= 4 is 14.1 Å². The summed E-state index contributed by atoms with van der Waals surface area (Å²) in [5.74, 6) is 0.865. The molecule has 24 heavy (non-hydrogen) atoms. The lowest BCUT2D eigenvalue weighted by Crippen LogP contribution is -2.16. The van der Waals surface area contributed by atoms with E-state index in [4.69, 9.17) is 18.4 Å². The Labute approximate surface area is 156 Å². The van der Waals surface area contributed by atoms with Crippen LogP contribution in [0.4, 0.5) is 0 Å². The fourth-order valence-electron chi connectivity index (χ4n) is 2.18. The van der Waals surface area contributed by atoms with Gasteiger partial charge in [0.25, 0.3) is 0 Å². The first-order chi connectivity index (χ1) is 11.5. The number of aldehydes is 1. The number of unbranched alkanes of at least 4 members (excludes halogenated alkanes) is 1. The molecule has 0 saturated heterocycles. The fraction of sp³-hybridized carbons (Fsp3) is 0.952. The molecular formula is C21H48BNO. The largest absolute Gasteiger partial charge is 0.330 e. The van der Waals surface area contributed by atoms with Crippen LogP contribution in [0.1, 0.15) is 113 Å². The van der Waals surface area contributed by atoms with E-state index in [9.17, 15) is 0 Å². The molecule has 0 bridgehead atoms. The highest BCUT2D eigenvalue weighted by molar-refractivity contribution is 6.14. The van der Waals surface area contributed by atoms with Crippen LogP contribution in [0.3, 0.4) is 0 Å². The summed E-state index contributed by atoms with van der Waals surface area (Å²) >= 11 is 0. The first-order valence-corrected chi connectivity index (χ1v) is 10.4. The predicted molar refractivity (Wildman–Crippen MR) is 114 cm³/mol. The van der Waals surface area contributed by atoms with Crippen LogP contribution in [0, 0.1) is 5.92 Å². The number of rotatable bonds is 5. The number of hydrogen-bond acceptors (Lipinski definition) is 2. The maximum Gasteiger partial charge on any atom is 0.116 e. The molecule has 0 spiro atoms. The molecular weight excluding hydrogens is 293 g/mol. The van der Waals surface area contributed by atoms with Crippen LogP contribution in [0.15, 0.2) is 0 Å². The second-order valence-corrected chi connectivity index (χ2v) is 6.09. The molecule has 2 N–H and O–H groups in total. The summed E-state index contributed by atoms with van der Waals surface area (Å²) in [5, 5.41) is 0.0933. The molecule has 0 aromatic rings. The molecule has 146 valence electrons. The number of hydrogen-bond donors (Lipinski definition) is 1. The smallest absolute Gasteiger partial charge is 0.116 e. The van der Waals surface area contributed by atoms with Crippen LogP contribution < -0.4 is 5.73 Å². The maximum atomic E-state index is 8.81. The first-order valence-electron chi connectivity index (χ1n) is 10.4. The third kappa shape index (κ3) is 29.7. The maximum absolute atomic E-state index is 8.81.